The highest BCUT2D eigenvalue weighted by Crippen LogP contribution is 2.14. The van der Waals surface area contributed by atoms with Crippen molar-refractivity contribution >= 4 is 0 Å². The van der Waals surface area contributed by atoms with Crippen LogP contribution in [-0.2, 0) is 4.74 Å². The molecule has 0 aromatic heterocycles. The molecule has 11 heavy (non-hydrogen) atoms. The highest BCUT2D eigenvalue weighted by molar-refractivity contribution is 4.72. The zero-order valence-corrected chi connectivity index (χ0v) is 8.24. The standard InChI is InChI=1S/C7H15NO.C2H6/c1-7(2)5-8-3-4-9-6-7;1-2/h8H,3-6H2,1-2H3;1-2H3. The smallest absolute Gasteiger partial charge is 0.0591 e. The molecular formula is C9H21NO. The van der Waals surface area contributed by atoms with Crippen LogP contribution < -0.4 is 5.32 Å². The van der Waals surface area contributed by atoms with Gasteiger partial charge < -0.3 is 10.1 Å². The van der Waals surface area contributed by atoms with Crippen LogP contribution in [0.4, 0.5) is 0 Å². The van der Waals surface area contributed by atoms with E-state index in [-0.39, 0.29) is 0 Å². The molecule has 0 unspecified atom stereocenters. The fourth-order valence-electron chi connectivity index (χ4n) is 0.971. The molecule has 2 heteroatoms. The molecule has 1 fully saturated rings. The summed E-state index contributed by atoms with van der Waals surface area (Å²) in [5.74, 6) is 0. The van der Waals surface area contributed by atoms with E-state index in [0.29, 0.717) is 5.41 Å². The van der Waals surface area contributed by atoms with Gasteiger partial charge in [0.05, 0.1) is 13.2 Å². The van der Waals surface area contributed by atoms with Gasteiger partial charge in [0.15, 0.2) is 0 Å². The van der Waals surface area contributed by atoms with E-state index in [2.05, 4.69) is 19.2 Å². The van der Waals surface area contributed by atoms with Gasteiger partial charge in [0.2, 0.25) is 0 Å². The predicted octanol–water partition coefficient (Wildman–Crippen LogP) is 1.66. The van der Waals surface area contributed by atoms with Crippen LogP contribution in [0.15, 0.2) is 0 Å². The van der Waals surface area contributed by atoms with Gasteiger partial charge in [-0.3, -0.25) is 0 Å². The van der Waals surface area contributed by atoms with Crippen molar-refractivity contribution in [1.29, 1.82) is 0 Å². The Hall–Kier alpha value is -0.0800. The molecule has 68 valence electrons. The molecule has 0 spiro atoms. The summed E-state index contributed by atoms with van der Waals surface area (Å²) in [6.07, 6.45) is 0. The first-order chi connectivity index (χ1) is 5.21. The fraction of sp³-hybridized carbons (Fsp3) is 1.00. The lowest BCUT2D eigenvalue weighted by Gasteiger charge is -2.20. The van der Waals surface area contributed by atoms with E-state index in [0.717, 1.165) is 26.3 Å². The van der Waals surface area contributed by atoms with Gasteiger partial charge in [-0.2, -0.15) is 0 Å². The van der Waals surface area contributed by atoms with Crippen molar-refractivity contribution in [1.82, 2.24) is 5.32 Å². The molecule has 0 bridgehead atoms. The Balaban J connectivity index is 0.000000461. The molecule has 1 aliphatic rings. The second kappa shape index (κ2) is 5.56. The monoisotopic (exact) mass is 159 g/mol. The van der Waals surface area contributed by atoms with E-state index < -0.39 is 0 Å². The average Bonchev–Trinajstić information content (AvgIpc) is 2.17. The summed E-state index contributed by atoms with van der Waals surface area (Å²) in [4.78, 5) is 0. The summed E-state index contributed by atoms with van der Waals surface area (Å²) in [5, 5.41) is 3.31. The Morgan fingerprint density at radius 1 is 1.27 bits per heavy atom. The number of hydrogen-bond donors (Lipinski definition) is 1. The van der Waals surface area contributed by atoms with Crippen molar-refractivity contribution in [2.45, 2.75) is 27.7 Å². The molecule has 1 saturated heterocycles. The third kappa shape index (κ3) is 5.22. The van der Waals surface area contributed by atoms with Crippen LogP contribution in [0, 0.1) is 5.41 Å². The van der Waals surface area contributed by atoms with Crippen molar-refractivity contribution in [2.24, 2.45) is 5.41 Å². The largest absolute Gasteiger partial charge is 0.380 e. The van der Waals surface area contributed by atoms with Crippen molar-refractivity contribution in [3.8, 4) is 0 Å². The molecule has 1 heterocycles. The minimum Gasteiger partial charge on any atom is -0.380 e. The Morgan fingerprint density at radius 3 is 2.55 bits per heavy atom. The Morgan fingerprint density at radius 2 is 1.91 bits per heavy atom. The van der Waals surface area contributed by atoms with Crippen molar-refractivity contribution in [2.75, 3.05) is 26.3 Å². The van der Waals surface area contributed by atoms with E-state index in [9.17, 15) is 0 Å². The second-order valence-electron chi connectivity index (χ2n) is 3.39. The second-order valence-corrected chi connectivity index (χ2v) is 3.39. The zero-order valence-electron chi connectivity index (χ0n) is 8.24. The normalized spacial score (nSPS) is 22.9. The molecular weight excluding hydrogens is 138 g/mol. The Bertz CT molecular complexity index is 81.6. The van der Waals surface area contributed by atoms with Gasteiger partial charge in [-0.15, -0.1) is 0 Å². The van der Waals surface area contributed by atoms with E-state index >= 15 is 0 Å². The SMILES string of the molecule is CC.CC1(C)CNCCOC1. The average molecular weight is 159 g/mol. The molecule has 0 aromatic carbocycles. The quantitative estimate of drug-likeness (QED) is 0.580. The molecule has 0 saturated carbocycles. The van der Waals surface area contributed by atoms with Gasteiger partial charge in [-0.1, -0.05) is 27.7 Å². The number of rotatable bonds is 0. The lowest BCUT2D eigenvalue weighted by Crippen LogP contribution is -2.29. The van der Waals surface area contributed by atoms with Gasteiger partial charge >= 0.3 is 0 Å². The van der Waals surface area contributed by atoms with Gasteiger partial charge in [-0.25, -0.2) is 0 Å². The van der Waals surface area contributed by atoms with Crippen molar-refractivity contribution < 1.29 is 4.74 Å². The summed E-state index contributed by atoms with van der Waals surface area (Å²) in [6, 6.07) is 0. The van der Waals surface area contributed by atoms with Crippen LogP contribution in [0.2, 0.25) is 0 Å². The Kier molecular flexibility index (Phi) is 5.51. The van der Waals surface area contributed by atoms with Gasteiger partial charge in [0.25, 0.3) is 0 Å². The molecule has 1 rings (SSSR count). The van der Waals surface area contributed by atoms with Crippen LogP contribution in [0.1, 0.15) is 27.7 Å². The fourth-order valence-corrected chi connectivity index (χ4v) is 0.971. The Labute approximate surface area is 70.3 Å². The molecule has 2 nitrogen and oxygen atoms in total. The van der Waals surface area contributed by atoms with Crippen molar-refractivity contribution in [3.63, 3.8) is 0 Å². The number of nitrogens with one attached hydrogen (secondary N) is 1. The lowest BCUT2D eigenvalue weighted by atomic mass is 9.95. The summed E-state index contributed by atoms with van der Waals surface area (Å²) >= 11 is 0. The molecule has 1 aliphatic heterocycles. The first kappa shape index (κ1) is 10.9. The third-order valence-electron chi connectivity index (χ3n) is 1.52. The molecule has 0 amide bonds. The van der Waals surface area contributed by atoms with Crippen molar-refractivity contribution in [3.05, 3.63) is 0 Å². The van der Waals surface area contributed by atoms with E-state index in [1.54, 1.807) is 0 Å². The highest BCUT2D eigenvalue weighted by atomic mass is 16.5. The van der Waals surface area contributed by atoms with Gasteiger partial charge in [-0.05, 0) is 0 Å². The third-order valence-corrected chi connectivity index (χ3v) is 1.52. The first-order valence-corrected chi connectivity index (χ1v) is 4.49. The molecule has 0 radical (unpaired) electrons. The molecule has 0 aromatic rings. The predicted molar refractivity (Wildman–Crippen MR) is 48.8 cm³/mol. The molecule has 1 N–H and O–H groups in total. The van der Waals surface area contributed by atoms with E-state index in [4.69, 9.17) is 4.74 Å². The number of ether oxygens (including phenoxy) is 1. The maximum Gasteiger partial charge on any atom is 0.0591 e. The van der Waals surface area contributed by atoms with Gasteiger partial charge in [0.1, 0.15) is 0 Å². The summed E-state index contributed by atoms with van der Waals surface area (Å²) in [6.45, 7) is 12.3. The minimum atomic E-state index is 0.330. The first-order valence-electron chi connectivity index (χ1n) is 4.49. The number of hydrogen-bond acceptors (Lipinski definition) is 2. The summed E-state index contributed by atoms with van der Waals surface area (Å²) in [7, 11) is 0. The van der Waals surface area contributed by atoms with E-state index in [1.807, 2.05) is 13.8 Å². The molecule has 0 aliphatic carbocycles. The van der Waals surface area contributed by atoms with Crippen LogP contribution in [-0.4, -0.2) is 26.3 Å². The highest BCUT2D eigenvalue weighted by Gasteiger charge is 2.19. The molecule has 0 atom stereocenters. The summed E-state index contributed by atoms with van der Waals surface area (Å²) < 4.78 is 5.35. The zero-order chi connectivity index (χ0) is 8.74. The van der Waals surface area contributed by atoms with Crippen LogP contribution >= 0.6 is 0 Å². The summed E-state index contributed by atoms with van der Waals surface area (Å²) in [5.41, 5.74) is 0.330. The lowest BCUT2D eigenvalue weighted by molar-refractivity contribution is 0.0892. The van der Waals surface area contributed by atoms with Gasteiger partial charge in [0, 0.05) is 18.5 Å². The van der Waals surface area contributed by atoms with Crippen LogP contribution in [0.5, 0.6) is 0 Å². The van der Waals surface area contributed by atoms with E-state index in [1.165, 1.54) is 0 Å². The topological polar surface area (TPSA) is 21.3 Å². The maximum atomic E-state index is 5.35. The van der Waals surface area contributed by atoms with Crippen LogP contribution in [0.3, 0.4) is 0 Å². The minimum absolute atomic E-state index is 0.330. The maximum absolute atomic E-state index is 5.35. The van der Waals surface area contributed by atoms with Crippen LogP contribution in [0.25, 0.3) is 0 Å².